The van der Waals surface area contributed by atoms with Gasteiger partial charge in [-0.05, 0) is 19.1 Å². The molecule has 0 aliphatic heterocycles. The second-order valence-corrected chi connectivity index (χ2v) is 3.69. The third-order valence-corrected chi connectivity index (χ3v) is 2.31. The molecule has 76 valence electrons. The standard InChI is InChI=1S/C9H8Cl2FNO/c1-4(13)9(14)7-5(10)2-3-6(11)8(7)12/h2-4H,13H2,1H3. The average molecular weight is 236 g/mol. The van der Waals surface area contributed by atoms with Crippen molar-refractivity contribution in [2.45, 2.75) is 13.0 Å². The lowest BCUT2D eigenvalue weighted by atomic mass is 10.1. The summed E-state index contributed by atoms with van der Waals surface area (Å²) in [7, 11) is 0. The Morgan fingerprint density at radius 1 is 1.43 bits per heavy atom. The van der Waals surface area contributed by atoms with Crippen LogP contribution in [0.4, 0.5) is 4.39 Å². The Hall–Kier alpha value is -0.640. The Morgan fingerprint density at radius 3 is 2.43 bits per heavy atom. The van der Waals surface area contributed by atoms with E-state index in [1.165, 1.54) is 19.1 Å². The maximum absolute atomic E-state index is 13.4. The maximum Gasteiger partial charge on any atom is 0.183 e. The van der Waals surface area contributed by atoms with Crippen molar-refractivity contribution in [1.29, 1.82) is 0 Å². The Balaban J connectivity index is 3.33. The largest absolute Gasteiger partial charge is 0.321 e. The van der Waals surface area contributed by atoms with Gasteiger partial charge in [-0.1, -0.05) is 23.2 Å². The fourth-order valence-corrected chi connectivity index (χ4v) is 1.38. The van der Waals surface area contributed by atoms with E-state index in [4.69, 9.17) is 28.9 Å². The summed E-state index contributed by atoms with van der Waals surface area (Å²) >= 11 is 11.2. The van der Waals surface area contributed by atoms with Gasteiger partial charge in [0.15, 0.2) is 11.6 Å². The van der Waals surface area contributed by atoms with E-state index in [-0.39, 0.29) is 15.6 Å². The number of rotatable bonds is 2. The van der Waals surface area contributed by atoms with Gasteiger partial charge >= 0.3 is 0 Å². The Labute approximate surface area is 90.8 Å². The summed E-state index contributed by atoms with van der Waals surface area (Å²) in [5, 5.41) is -0.118. The quantitative estimate of drug-likeness (QED) is 0.633. The highest BCUT2D eigenvalue weighted by Gasteiger charge is 2.20. The fourth-order valence-electron chi connectivity index (χ4n) is 0.981. The van der Waals surface area contributed by atoms with E-state index < -0.39 is 17.6 Å². The van der Waals surface area contributed by atoms with Crippen molar-refractivity contribution in [2.24, 2.45) is 5.73 Å². The zero-order valence-electron chi connectivity index (χ0n) is 7.35. The lowest BCUT2D eigenvalue weighted by molar-refractivity contribution is 0.0964. The van der Waals surface area contributed by atoms with Crippen molar-refractivity contribution in [3.63, 3.8) is 0 Å². The van der Waals surface area contributed by atoms with Crippen LogP contribution in [0.5, 0.6) is 0 Å². The number of halogens is 3. The van der Waals surface area contributed by atoms with E-state index in [9.17, 15) is 9.18 Å². The zero-order chi connectivity index (χ0) is 10.9. The van der Waals surface area contributed by atoms with Crippen LogP contribution in [0.25, 0.3) is 0 Å². The maximum atomic E-state index is 13.4. The Kier molecular flexibility index (Phi) is 3.48. The first-order chi connectivity index (χ1) is 6.45. The second kappa shape index (κ2) is 4.26. The van der Waals surface area contributed by atoms with Gasteiger partial charge in [0.05, 0.1) is 21.7 Å². The number of hydrogen-bond acceptors (Lipinski definition) is 2. The highest BCUT2D eigenvalue weighted by atomic mass is 35.5. The summed E-state index contributed by atoms with van der Waals surface area (Å²) in [4.78, 5) is 11.4. The molecular weight excluding hydrogens is 228 g/mol. The highest BCUT2D eigenvalue weighted by Crippen LogP contribution is 2.26. The topological polar surface area (TPSA) is 43.1 Å². The molecule has 0 heterocycles. The molecule has 0 amide bonds. The molecule has 5 heteroatoms. The van der Waals surface area contributed by atoms with Gasteiger partial charge in [0.2, 0.25) is 0 Å². The van der Waals surface area contributed by atoms with E-state index >= 15 is 0 Å². The number of Topliss-reactive ketones (excluding diaryl/α,β-unsaturated/α-hetero) is 1. The van der Waals surface area contributed by atoms with Crippen LogP contribution in [-0.2, 0) is 0 Å². The van der Waals surface area contributed by atoms with Gasteiger partial charge in [-0.2, -0.15) is 0 Å². The average Bonchev–Trinajstić information content (AvgIpc) is 2.12. The number of hydrogen-bond donors (Lipinski definition) is 1. The highest BCUT2D eigenvalue weighted by molar-refractivity contribution is 6.36. The van der Waals surface area contributed by atoms with E-state index in [2.05, 4.69) is 0 Å². The van der Waals surface area contributed by atoms with Crippen LogP contribution in [0.3, 0.4) is 0 Å². The zero-order valence-corrected chi connectivity index (χ0v) is 8.86. The SMILES string of the molecule is CC(N)C(=O)c1c(Cl)ccc(Cl)c1F. The van der Waals surface area contributed by atoms with Crippen LogP contribution >= 0.6 is 23.2 Å². The summed E-state index contributed by atoms with van der Waals surface area (Å²) in [5.74, 6) is -1.38. The molecule has 0 bridgehead atoms. The first kappa shape index (κ1) is 11.4. The Bertz CT molecular complexity index is 379. The number of carbonyl (C=O) groups is 1. The minimum Gasteiger partial charge on any atom is -0.321 e. The molecule has 1 aromatic carbocycles. The minimum atomic E-state index is -0.818. The van der Waals surface area contributed by atoms with Crippen LogP contribution < -0.4 is 5.73 Å². The van der Waals surface area contributed by atoms with Crippen molar-refractivity contribution >= 4 is 29.0 Å². The van der Waals surface area contributed by atoms with E-state index in [0.29, 0.717) is 0 Å². The summed E-state index contributed by atoms with van der Waals surface area (Å²) in [6.07, 6.45) is 0. The lowest BCUT2D eigenvalue weighted by Gasteiger charge is -2.08. The predicted molar refractivity (Wildman–Crippen MR) is 54.4 cm³/mol. The van der Waals surface area contributed by atoms with Gasteiger partial charge in [-0.3, -0.25) is 4.79 Å². The molecule has 0 saturated heterocycles. The molecule has 0 saturated carbocycles. The third kappa shape index (κ3) is 2.05. The number of benzene rings is 1. The van der Waals surface area contributed by atoms with Gasteiger partial charge in [-0.15, -0.1) is 0 Å². The predicted octanol–water partition coefficient (Wildman–Crippen LogP) is 2.66. The molecule has 14 heavy (non-hydrogen) atoms. The summed E-state index contributed by atoms with van der Waals surface area (Å²) in [6.45, 7) is 1.46. The van der Waals surface area contributed by atoms with E-state index in [0.717, 1.165) is 0 Å². The summed E-state index contributed by atoms with van der Waals surface area (Å²) in [5.41, 5.74) is 5.10. The molecule has 1 atom stereocenters. The van der Waals surface area contributed by atoms with Crippen molar-refractivity contribution in [3.8, 4) is 0 Å². The van der Waals surface area contributed by atoms with Crippen LogP contribution in [0.2, 0.25) is 10.0 Å². The summed E-state index contributed by atoms with van der Waals surface area (Å²) in [6, 6.07) is 1.85. The molecule has 1 unspecified atom stereocenters. The molecule has 2 nitrogen and oxygen atoms in total. The monoisotopic (exact) mass is 235 g/mol. The molecule has 0 aromatic heterocycles. The van der Waals surface area contributed by atoms with Crippen LogP contribution in [0.1, 0.15) is 17.3 Å². The molecule has 0 radical (unpaired) electrons. The van der Waals surface area contributed by atoms with Gasteiger partial charge in [0.25, 0.3) is 0 Å². The normalized spacial score (nSPS) is 12.6. The smallest absolute Gasteiger partial charge is 0.183 e. The van der Waals surface area contributed by atoms with Crippen LogP contribution in [-0.4, -0.2) is 11.8 Å². The minimum absolute atomic E-state index is 0.0224. The molecule has 2 N–H and O–H groups in total. The van der Waals surface area contributed by atoms with Gasteiger partial charge in [0, 0.05) is 0 Å². The first-order valence-electron chi connectivity index (χ1n) is 3.88. The fraction of sp³-hybridized carbons (Fsp3) is 0.222. The van der Waals surface area contributed by atoms with Gasteiger partial charge < -0.3 is 5.73 Å². The van der Waals surface area contributed by atoms with Crippen molar-refractivity contribution < 1.29 is 9.18 Å². The molecule has 0 aliphatic carbocycles. The molecular formula is C9H8Cl2FNO. The van der Waals surface area contributed by atoms with Crippen LogP contribution in [0, 0.1) is 5.82 Å². The van der Waals surface area contributed by atoms with Gasteiger partial charge in [0.1, 0.15) is 0 Å². The third-order valence-electron chi connectivity index (χ3n) is 1.70. The van der Waals surface area contributed by atoms with Crippen molar-refractivity contribution in [2.75, 3.05) is 0 Å². The molecule has 1 aromatic rings. The number of nitrogens with two attached hydrogens (primary N) is 1. The van der Waals surface area contributed by atoms with E-state index in [1.54, 1.807) is 0 Å². The molecule has 0 fully saturated rings. The summed E-state index contributed by atoms with van der Waals surface area (Å²) < 4.78 is 13.4. The number of ketones is 1. The Morgan fingerprint density at radius 2 is 1.93 bits per heavy atom. The first-order valence-corrected chi connectivity index (χ1v) is 4.64. The second-order valence-electron chi connectivity index (χ2n) is 2.87. The van der Waals surface area contributed by atoms with Crippen molar-refractivity contribution in [3.05, 3.63) is 33.6 Å². The number of carbonyl (C=O) groups excluding carboxylic acids is 1. The molecule has 0 aliphatic rings. The lowest BCUT2D eigenvalue weighted by Crippen LogP contribution is -2.27. The van der Waals surface area contributed by atoms with E-state index in [1.807, 2.05) is 0 Å². The molecule has 0 spiro atoms. The molecule has 1 rings (SSSR count). The van der Waals surface area contributed by atoms with Gasteiger partial charge in [-0.25, -0.2) is 4.39 Å². The van der Waals surface area contributed by atoms with Crippen molar-refractivity contribution in [1.82, 2.24) is 0 Å². The van der Waals surface area contributed by atoms with Crippen LogP contribution in [0.15, 0.2) is 12.1 Å².